The molecule has 0 saturated carbocycles. The zero-order valence-electron chi connectivity index (χ0n) is 9.68. The number of hydrogen-bond donors (Lipinski definition) is 1. The molecule has 1 N–H and O–H groups in total. The van der Waals surface area contributed by atoms with Crippen LogP contribution in [0.25, 0.3) is 0 Å². The third-order valence-electron chi connectivity index (χ3n) is 3.34. The second-order valence-corrected chi connectivity index (χ2v) is 4.36. The molecule has 14 heavy (non-hydrogen) atoms. The van der Waals surface area contributed by atoms with Gasteiger partial charge in [0.05, 0.1) is 6.26 Å². The normalized spacial score (nSPS) is 22.1. The van der Waals surface area contributed by atoms with Gasteiger partial charge in [-0.25, -0.2) is 0 Å². The second-order valence-electron chi connectivity index (χ2n) is 4.36. The van der Waals surface area contributed by atoms with Gasteiger partial charge in [0.2, 0.25) is 0 Å². The standard InChI is InChI=1S/C12H23NO/c1-4-12(3,5-2)13-10-11-8-6-7-9-14-11/h7,9,11,13H,4-6,8,10H2,1-3H3. The number of rotatable bonds is 5. The molecule has 2 nitrogen and oxygen atoms in total. The molecule has 0 amide bonds. The molecule has 0 aromatic carbocycles. The molecule has 0 bridgehead atoms. The molecule has 1 atom stereocenters. The summed E-state index contributed by atoms with van der Waals surface area (Å²) in [6.07, 6.45) is 8.95. The van der Waals surface area contributed by atoms with Crippen molar-refractivity contribution in [3.8, 4) is 0 Å². The lowest BCUT2D eigenvalue weighted by Crippen LogP contribution is -2.45. The van der Waals surface area contributed by atoms with Crippen molar-refractivity contribution in [2.45, 2.75) is 58.1 Å². The Hall–Kier alpha value is -0.500. The van der Waals surface area contributed by atoms with Crippen LogP contribution in [0.2, 0.25) is 0 Å². The van der Waals surface area contributed by atoms with Crippen LogP contribution in [0.1, 0.15) is 46.5 Å². The summed E-state index contributed by atoms with van der Waals surface area (Å²) in [5, 5.41) is 3.61. The molecule has 1 aliphatic rings. The predicted octanol–water partition coefficient (Wildman–Crippen LogP) is 2.85. The first-order valence-electron chi connectivity index (χ1n) is 5.75. The summed E-state index contributed by atoms with van der Waals surface area (Å²) >= 11 is 0. The fraction of sp³-hybridized carbons (Fsp3) is 0.833. The third kappa shape index (κ3) is 3.33. The largest absolute Gasteiger partial charge is 0.497 e. The second kappa shape index (κ2) is 5.40. The molecule has 2 heteroatoms. The molecule has 1 rings (SSSR count). The molecule has 0 aromatic heterocycles. The highest BCUT2D eigenvalue weighted by Gasteiger charge is 2.21. The molecule has 82 valence electrons. The van der Waals surface area contributed by atoms with E-state index in [0.717, 1.165) is 19.4 Å². The Morgan fingerprint density at radius 3 is 2.64 bits per heavy atom. The summed E-state index contributed by atoms with van der Waals surface area (Å²) in [4.78, 5) is 0. The third-order valence-corrected chi connectivity index (χ3v) is 3.34. The molecule has 0 saturated heterocycles. The highest BCUT2D eigenvalue weighted by molar-refractivity contribution is 4.86. The molecule has 0 aromatic rings. The van der Waals surface area contributed by atoms with Crippen LogP contribution >= 0.6 is 0 Å². The maximum Gasteiger partial charge on any atom is 0.110 e. The van der Waals surface area contributed by atoms with Gasteiger partial charge in [0.15, 0.2) is 0 Å². The maximum absolute atomic E-state index is 5.52. The first-order chi connectivity index (χ1) is 6.70. The van der Waals surface area contributed by atoms with E-state index < -0.39 is 0 Å². The summed E-state index contributed by atoms with van der Waals surface area (Å²) in [6, 6.07) is 0. The number of nitrogens with one attached hydrogen (secondary N) is 1. The van der Waals surface area contributed by atoms with Gasteiger partial charge in [0.25, 0.3) is 0 Å². The molecule has 0 spiro atoms. The SMILES string of the molecule is CCC(C)(CC)NCC1CCC=CO1. The Kier molecular flexibility index (Phi) is 4.46. The average Bonchev–Trinajstić information content (AvgIpc) is 2.27. The monoisotopic (exact) mass is 197 g/mol. The highest BCUT2D eigenvalue weighted by Crippen LogP contribution is 2.15. The van der Waals surface area contributed by atoms with Gasteiger partial charge >= 0.3 is 0 Å². The van der Waals surface area contributed by atoms with Gasteiger partial charge in [-0.3, -0.25) is 0 Å². The van der Waals surface area contributed by atoms with E-state index in [1.165, 1.54) is 12.8 Å². The van der Waals surface area contributed by atoms with Crippen LogP contribution in [-0.2, 0) is 4.74 Å². The minimum absolute atomic E-state index is 0.282. The zero-order valence-corrected chi connectivity index (χ0v) is 9.68. The van der Waals surface area contributed by atoms with Gasteiger partial charge in [-0.15, -0.1) is 0 Å². The van der Waals surface area contributed by atoms with Crippen molar-refractivity contribution in [3.05, 3.63) is 12.3 Å². The van der Waals surface area contributed by atoms with Crippen LogP contribution in [-0.4, -0.2) is 18.2 Å². The van der Waals surface area contributed by atoms with Crippen LogP contribution in [0.5, 0.6) is 0 Å². The van der Waals surface area contributed by atoms with Gasteiger partial charge in [-0.2, -0.15) is 0 Å². The highest BCUT2D eigenvalue weighted by atomic mass is 16.5. The van der Waals surface area contributed by atoms with Crippen LogP contribution in [0.4, 0.5) is 0 Å². The lowest BCUT2D eigenvalue weighted by Gasteiger charge is -2.31. The van der Waals surface area contributed by atoms with Gasteiger partial charge in [0.1, 0.15) is 6.10 Å². The van der Waals surface area contributed by atoms with Crippen LogP contribution in [0, 0.1) is 0 Å². The van der Waals surface area contributed by atoms with Crippen molar-refractivity contribution < 1.29 is 4.74 Å². The van der Waals surface area contributed by atoms with E-state index in [9.17, 15) is 0 Å². The summed E-state index contributed by atoms with van der Waals surface area (Å²) in [7, 11) is 0. The molecule has 1 unspecified atom stereocenters. The van der Waals surface area contributed by atoms with Crippen LogP contribution < -0.4 is 5.32 Å². The Balaban J connectivity index is 2.27. The first kappa shape index (κ1) is 11.6. The summed E-state index contributed by atoms with van der Waals surface area (Å²) in [6.45, 7) is 7.73. The molecule has 0 aliphatic carbocycles. The van der Waals surface area contributed by atoms with Gasteiger partial charge in [0, 0.05) is 12.1 Å². The quantitative estimate of drug-likeness (QED) is 0.731. The lowest BCUT2D eigenvalue weighted by molar-refractivity contribution is 0.111. The minimum Gasteiger partial charge on any atom is -0.497 e. The van der Waals surface area contributed by atoms with Crippen molar-refractivity contribution in [3.63, 3.8) is 0 Å². The summed E-state index contributed by atoms with van der Waals surface area (Å²) in [5.74, 6) is 0. The topological polar surface area (TPSA) is 21.3 Å². The number of hydrogen-bond acceptors (Lipinski definition) is 2. The summed E-state index contributed by atoms with van der Waals surface area (Å²) in [5.41, 5.74) is 0.282. The van der Waals surface area contributed by atoms with Crippen molar-refractivity contribution in [2.24, 2.45) is 0 Å². The first-order valence-corrected chi connectivity index (χ1v) is 5.75. The van der Waals surface area contributed by atoms with E-state index in [1.807, 2.05) is 6.26 Å². The summed E-state index contributed by atoms with van der Waals surface area (Å²) < 4.78 is 5.52. The number of ether oxygens (including phenoxy) is 1. The van der Waals surface area contributed by atoms with E-state index in [2.05, 4.69) is 32.2 Å². The van der Waals surface area contributed by atoms with E-state index in [-0.39, 0.29) is 5.54 Å². The van der Waals surface area contributed by atoms with E-state index >= 15 is 0 Å². The van der Waals surface area contributed by atoms with Crippen molar-refractivity contribution in [1.82, 2.24) is 5.32 Å². The lowest BCUT2D eigenvalue weighted by atomic mass is 9.95. The molecular formula is C12H23NO. The maximum atomic E-state index is 5.52. The van der Waals surface area contributed by atoms with Crippen molar-refractivity contribution >= 4 is 0 Å². The van der Waals surface area contributed by atoms with Crippen molar-refractivity contribution in [2.75, 3.05) is 6.54 Å². The fourth-order valence-corrected chi connectivity index (χ4v) is 1.60. The van der Waals surface area contributed by atoms with Gasteiger partial charge in [-0.1, -0.05) is 13.8 Å². The minimum atomic E-state index is 0.282. The Labute approximate surface area is 87.7 Å². The van der Waals surface area contributed by atoms with Crippen molar-refractivity contribution in [1.29, 1.82) is 0 Å². The van der Waals surface area contributed by atoms with E-state index in [1.54, 1.807) is 0 Å². The van der Waals surface area contributed by atoms with Gasteiger partial charge < -0.3 is 10.1 Å². The Morgan fingerprint density at radius 2 is 2.14 bits per heavy atom. The van der Waals surface area contributed by atoms with Crippen LogP contribution in [0.3, 0.4) is 0 Å². The Morgan fingerprint density at radius 1 is 1.43 bits per heavy atom. The van der Waals surface area contributed by atoms with E-state index in [4.69, 9.17) is 4.74 Å². The zero-order chi connectivity index (χ0) is 10.4. The van der Waals surface area contributed by atoms with Crippen LogP contribution in [0.15, 0.2) is 12.3 Å². The molecule has 0 fully saturated rings. The molecular weight excluding hydrogens is 174 g/mol. The van der Waals surface area contributed by atoms with E-state index in [0.29, 0.717) is 6.10 Å². The molecule has 1 aliphatic heterocycles. The fourth-order valence-electron chi connectivity index (χ4n) is 1.60. The van der Waals surface area contributed by atoms with Gasteiger partial charge in [-0.05, 0) is 38.7 Å². The molecule has 1 heterocycles. The molecule has 0 radical (unpaired) electrons. The predicted molar refractivity (Wildman–Crippen MR) is 60.2 cm³/mol. The Bertz CT molecular complexity index is 185. The average molecular weight is 197 g/mol. The number of allylic oxidation sites excluding steroid dienone is 1. The smallest absolute Gasteiger partial charge is 0.110 e.